The first-order valence-corrected chi connectivity index (χ1v) is 8.85. The van der Waals surface area contributed by atoms with Crippen LogP contribution in [0, 0.1) is 5.92 Å². The zero-order valence-corrected chi connectivity index (χ0v) is 15.3. The standard InChI is InChI=1S/C17H20Cl2N2O4/c1-10-5-2-3-8-13(10)20-17(24)21-14(22)9-25-16(23)15-11(18)6-4-7-12(15)19/h4,6-7,10,13H,2-3,5,8-9H2,1H3,(H2,20,21,22,24)/t10-,13-/m1/s1. The van der Waals surface area contributed by atoms with E-state index in [1.54, 1.807) is 6.07 Å². The molecule has 1 aromatic carbocycles. The van der Waals surface area contributed by atoms with Gasteiger partial charge in [0.2, 0.25) is 0 Å². The Labute approximate surface area is 156 Å². The van der Waals surface area contributed by atoms with Crippen molar-refractivity contribution in [2.75, 3.05) is 6.61 Å². The first-order valence-electron chi connectivity index (χ1n) is 8.10. The summed E-state index contributed by atoms with van der Waals surface area (Å²) < 4.78 is 4.86. The van der Waals surface area contributed by atoms with Crippen LogP contribution in [0.4, 0.5) is 4.79 Å². The maximum Gasteiger partial charge on any atom is 0.341 e. The Morgan fingerprint density at radius 1 is 1.16 bits per heavy atom. The lowest BCUT2D eigenvalue weighted by molar-refractivity contribution is -0.123. The number of hydrogen-bond acceptors (Lipinski definition) is 4. The fraction of sp³-hybridized carbons (Fsp3) is 0.471. The molecule has 0 radical (unpaired) electrons. The van der Waals surface area contributed by atoms with Gasteiger partial charge in [0, 0.05) is 6.04 Å². The van der Waals surface area contributed by atoms with Crippen molar-refractivity contribution >= 4 is 41.1 Å². The van der Waals surface area contributed by atoms with Gasteiger partial charge in [-0.15, -0.1) is 0 Å². The van der Waals surface area contributed by atoms with Crippen molar-refractivity contribution in [3.63, 3.8) is 0 Å². The Bertz CT molecular complexity index is 646. The van der Waals surface area contributed by atoms with E-state index in [0.29, 0.717) is 5.92 Å². The minimum atomic E-state index is -0.827. The number of urea groups is 1. The van der Waals surface area contributed by atoms with Crippen LogP contribution in [0.3, 0.4) is 0 Å². The number of ether oxygens (including phenoxy) is 1. The van der Waals surface area contributed by atoms with Gasteiger partial charge in [0.25, 0.3) is 5.91 Å². The number of rotatable bonds is 4. The molecule has 0 unspecified atom stereocenters. The lowest BCUT2D eigenvalue weighted by Gasteiger charge is -2.29. The normalized spacial score (nSPS) is 19.8. The molecular weight excluding hydrogens is 367 g/mol. The van der Waals surface area contributed by atoms with E-state index in [-0.39, 0.29) is 21.7 Å². The Balaban J connectivity index is 1.80. The summed E-state index contributed by atoms with van der Waals surface area (Å²) in [5.74, 6) is -1.18. The molecule has 0 bridgehead atoms. The zero-order chi connectivity index (χ0) is 18.4. The van der Waals surface area contributed by atoms with Gasteiger partial charge in [0.1, 0.15) is 0 Å². The summed E-state index contributed by atoms with van der Waals surface area (Å²) in [6.07, 6.45) is 4.15. The first kappa shape index (κ1) is 19.5. The number of esters is 1. The van der Waals surface area contributed by atoms with Crippen LogP contribution in [0.5, 0.6) is 0 Å². The van der Waals surface area contributed by atoms with Gasteiger partial charge in [0.15, 0.2) is 6.61 Å². The van der Waals surface area contributed by atoms with Crippen molar-refractivity contribution < 1.29 is 19.1 Å². The lowest BCUT2D eigenvalue weighted by atomic mass is 9.86. The molecule has 3 amide bonds. The van der Waals surface area contributed by atoms with Crippen LogP contribution in [0.1, 0.15) is 43.0 Å². The summed E-state index contributed by atoms with van der Waals surface area (Å²) in [6.45, 7) is 1.47. The van der Waals surface area contributed by atoms with Crippen molar-refractivity contribution in [1.82, 2.24) is 10.6 Å². The predicted octanol–water partition coefficient (Wildman–Crippen LogP) is 3.55. The summed E-state index contributed by atoms with van der Waals surface area (Å²) in [5, 5.41) is 5.19. The summed E-state index contributed by atoms with van der Waals surface area (Å²) >= 11 is 11.8. The highest BCUT2D eigenvalue weighted by atomic mass is 35.5. The van der Waals surface area contributed by atoms with Crippen molar-refractivity contribution in [2.45, 2.75) is 38.6 Å². The van der Waals surface area contributed by atoms with Gasteiger partial charge in [-0.2, -0.15) is 0 Å². The molecule has 0 heterocycles. The van der Waals surface area contributed by atoms with E-state index in [4.69, 9.17) is 27.9 Å². The van der Waals surface area contributed by atoms with Gasteiger partial charge in [-0.05, 0) is 30.9 Å². The van der Waals surface area contributed by atoms with Crippen molar-refractivity contribution in [3.05, 3.63) is 33.8 Å². The monoisotopic (exact) mass is 386 g/mol. The second-order valence-corrected chi connectivity index (χ2v) is 6.88. The average Bonchev–Trinajstić information content (AvgIpc) is 2.55. The van der Waals surface area contributed by atoms with Gasteiger partial charge in [-0.3, -0.25) is 10.1 Å². The molecule has 2 N–H and O–H groups in total. The third-order valence-corrected chi connectivity index (χ3v) is 4.81. The van der Waals surface area contributed by atoms with E-state index in [9.17, 15) is 14.4 Å². The molecule has 0 aromatic heterocycles. The number of benzene rings is 1. The van der Waals surface area contributed by atoms with E-state index < -0.39 is 24.5 Å². The summed E-state index contributed by atoms with van der Waals surface area (Å²) in [6, 6.07) is 4.03. The van der Waals surface area contributed by atoms with E-state index in [1.807, 2.05) is 0 Å². The number of nitrogens with one attached hydrogen (secondary N) is 2. The van der Waals surface area contributed by atoms with E-state index >= 15 is 0 Å². The molecule has 0 aliphatic heterocycles. The summed E-state index contributed by atoms with van der Waals surface area (Å²) in [5.41, 5.74) is -0.0147. The molecule has 1 aliphatic rings. The quantitative estimate of drug-likeness (QED) is 0.774. The molecule has 0 spiro atoms. The van der Waals surface area contributed by atoms with Crippen LogP contribution in [-0.2, 0) is 9.53 Å². The number of hydrogen-bond donors (Lipinski definition) is 2. The smallest absolute Gasteiger partial charge is 0.341 e. The predicted molar refractivity (Wildman–Crippen MR) is 94.8 cm³/mol. The van der Waals surface area contributed by atoms with Crippen molar-refractivity contribution in [1.29, 1.82) is 0 Å². The van der Waals surface area contributed by atoms with Crippen LogP contribution >= 0.6 is 23.2 Å². The molecule has 1 fully saturated rings. The molecule has 0 saturated heterocycles. The maximum absolute atomic E-state index is 12.0. The van der Waals surface area contributed by atoms with Crippen LogP contribution in [0.15, 0.2) is 18.2 Å². The fourth-order valence-electron chi connectivity index (χ4n) is 2.79. The SMILES string of the molecule is C[C@@H]1CCCC[C@H]1NC(=O)NC(=O)COC(=O)c1c(Cl)cccc1Cl. The highest BCUT2D eigenvalue weighted by Gasteiger charge is 2.24. The summed E-state index contributed by atoms with van der Waals surface area (Å²) in [4.78, 5) is 35.6. The van der Waals surface area contributed by atoms with E-state index in [2.05, 4.69) is 17.6 Å². The average molecular weight is 387 g/mol. The Morgan fingerprint density at radius 2 is 1.80 bits per heavy atom. The van der Waals surface area contributed by atoms with Crippen LogP contribution in [-0.4, -0.2) is 30.6 Å². The highest BCUT2D eigenvalue weighted by molar-refractivity contribution is 6.39. The Morgan fingerprint density at radius 3 is 2.44 bits per heavy atom. The Kier molecular flexibility index (Phi) is 7.08. The van der Waals surface area contributed by atoms with Gasteiger partial charge < -0.3 is 10.1 Å². The van der Waals surface area contributed by atoms with Crippen molar-refractivity contribution in [2.24, 2.45) is 5.92 Å². The minimum absolute atomic E-state index is 0.0147. The third kappa shape index (κ3) is 5.61. The lowest BCUT2D eigenvalue weighted by Crippen LogP contribution is -2.48. The van der Waals surface area contributed by atoms with Gasteiger partial charge in [-0.1, -0.05) is 49.0 Å². The molecule has 2 rings (SSSR count). The molecule has 6 nitrogen and oxygen atoms in total. The molecule has 1 aliphatic carbocycles. The summed E-state index contributed by atoms with van der Waals surface area (Å²) in [7, 11) is 0. The molecule has 2 atom stereocenters. The molecule has 25 heavy (non-hydrogen) atoms. The molecule has 136 valence electrons. The van der Waals surface area contributed by atoms with Crippen LogP contribution in [0.25, 0.3) is 0 Å². The number of imide groups is 1. The van der Waals surface area contributed by atoms with Crippen LogP contribution in [0.2, 0.25) is 10.0 Å². The largest absolute Gasteiger partial charge is 0.452 e. The zero-order valence-electron chi connectivity index (χ0n) is 13.8. The molecule has 1 aromatic rings. The minimum Gasteiger partial charge on any atom is -0.452 e. The Hall–Kier alpha value is -1.79. The number of amides is 3. The van der Waals surface area contributed by atoms with E-state index in [1.165, 1.54) is 12.1 Å². The first-order chi connectivity index (χ1) is 11.9. The third-order valence-electron chi connectivity index (χ3n) is 4.18. The fourth-order valence-corrected chi connectivity index (χ4v) is 3.35. The highest BCUT2D eigenvalue weighted by Crippen LogP contribution is 2.25. The second-order valence-electron chi connectivity index (χ2n) is 6.06. The topological polar surface area (TPSA) is 84.5 Å². The second kappa shape index (κ2) is 9.06. The number of carbonyl (C=O) groups excluding carboxylic acids is 3. The van der Waals surface area contributed by atoms with Gasteiger partial charge in [-0.25, -0.2) is 9.59 Å². The molecule has 8 heteroatoms. The molecule has 1 saturated carbocycles. The van der Waals surface area contributed by atoms with E-state index in [0.717, 1.165) is 25.7 Å². The number of halogens is 2. The van der Waals surface area contributed by atoms with Crippen LogP contribution < -0.4 is 10.6 Å². The van der Waals surface area contributed by atoms with Crippen molar-refractivity contribution in [3.8, 4) is 0 Å². The van der Waals surface area contributed by atoms with Gasteiger partial charge in [0.05, 0.1) is 15.6 Å². The maximum atomic E-state index is 12.0. The number of carbonyl (C=O) groups is 3. The molecular formula is C17H20Cl2N2O4. The van der Waals surface area contributed by atoms with Gasteiger partial charge >= 0.3 is 12.0 Å².